The summed E-state index contributed by atoms with van der Waals surface area (Å²) in [5.41, 5.74) is 3.23. The number of aromatic nitrogens is 3. The molecule has 40 heavy (non-hydrogen) atoms. The quantitative estimate of drug-likeness (QED) is 0.410. The van der Waals surface area contributed by atoms with E-state index in [9.17, 15) is 9.59 Å². The highest BCUT2D eigenvalue weighted by Crippen LogP contribution is 2.24. The van der Waals surface area contributed by atoms with Crippen LogP contribution in [0.25, 0.3) is 5.69 Å². The molecular formula is C29H45ClN6O4. The van der Waals surface area contributed by atoms with Gasteiger partial charge in [-0.25, -0.2) is 4.68 Å². The third-order valence-corrected chi connectivity index (χ3v) is 7.49. The summed E-state index contributed by atoms with van der Waals surface area (Å²) in [6, 6.07) is 7.98. The van der Waals surface area contributed by atoms with Gasteiger partial charge in [0.15, 0.2) is 5.69 Å². The average Bonchev–Trinajstić information content (AvgIpc) is 3.37. The van der Waals surface area contributed by atoms with Gasteiger partial charge in [0, 0.05) is 52.5 Å². The van der Waals surface area contributed by atoms with Crippen LogP contribution in [0.1, 0.15) is 54.9 Å². The fourth-order valence-corrected chi connectivity index (χ4v) is 5.51. The van der Waals surface area contributed by atoms with Crippen LogP contribution in [0.4, 0.5) is 0 Å². The topological polar surface area (TPSA) is 102 Å². The largest absolute Gasteiger partial charge is 0.385 e. The van der Waals surface area contributed by atoms with Crippen LogP contribution < -0.4 is 5.32 Å². The molecule has 2 aliphatic heterocycles. The highest BCUT2D eigenvalue weighted by molar-refractivity contribution is 5.94. The SMILES string of the molecule is COCCCCc1c(C(=O)N(CC(C)C)[C@@H]2CNC[C@H](C(=O)N3CCOCC3)C2)nnn1-c1cccc(C)c1.Cl. The number of amides is 2. The fraction of sp³-hybridized carbons (Fsp3) is 0.655. The molecular weight excluding hydrogens is 532 g/mol. The summed E-state index contributed by atoms with van der Waals surface area (Å²) >= 11 is 0. The lowest BCUT2D eigenvalue weighted by Gasteiger charge is -2.40. The number of halogens is 1. The maximum Gasteiger partial charge on any atom is 0.276 e. The Morgan fingerprint density at radius 1 is 1.20 bits per heavy atom. The molecule has 1 aromatic heterocycles. The molecule has 4 rings (SSSR count). The molecule has 0 bridgehead atoms. The van der Waals surface area contributed by atoms with Gasteiger partial charge >= 0.3 is 0 Å². The fourth-order valence-electron chi connectivity index (χ4n) is 5.51. The molecule has 3 heterocycles. The second-order valence-electron chi connectivity index (χ2n) is 11.1. The zero-order chi connectivity index (χ0) is 27.8. The highest BCUT2D eigenvalue weighted by Gasteiger charge is 2.37. The van der Waals surface area contributed by atoms with Crippen molar-refractivity contribution in [2.24, 2.45) is 11.8 Å². The number of piperidine rings is 1. The van der Waals surface area contributed by atoms with Gasteiger partial charge in [-0.3, -0.25) is 9.59 Å². The number of ether oxygens (including phenoxy) is 2. The van der Waals surface area contributed by atoms with Crippen molar-refractivity contribution < 1.29 is 19.1 Å². The number of unbranched alkanes of at least 4 members (excludes halogenated alkanes) is 1. The Morgan fingerprint density at radius 3 is 2.67 bits per heavy atom. The van der Waals surface area contributed by atoms with Crippen LogP contribution in [0.5, 0.6) is 0 Å². The predicted molar refractivity (Wildman–Crippen MR) is 156 cm³/mol. The third kappa shape index (κ3) is 8.02. The van der Waals surface area contributed by atoms with E-state index in [1.54, 1.807) is 7.11 Å². The molecule has 2 atom stereocenters. The van der Waals surface area contributed by atoms with Gasteiger partial charge in [-0.15, -0.1) is 17.5 Å². The molecule has 0 radical (unpaired) electrons. The van der Waals surface area contributed by atoms with Gasteiger partial charge in [0.1, 0.15) is 0 Å². The number of hydrogen-bond donors (Lipinski definition) is 1. The number of nitrogens with one attached hydrogen (secondary N) is 1. The lowest BCUT2D eigenvalue weighted by atomic mass is 9.92. The van der Waals surface area contributed by atoms with Crippen LogP contribution in [-0.2, 0) is 20.7 Å². The first-order valence-corrected chi connectivity index (χ1v) is 14.3. The van der Waals surface area contributed by atoms with Crippen molar-refractivity contribution in [2.75, 3.05) is 59.7 Å². The van der Waals surface area contributed by atoms with Gasteiger partial charge in [-0.05, 0) is 56.2 Å². The van der Waals surface area contributed by atoms with E-state index in [0.29, 0.717) is 71.1 Å². The van der Waals surface area contributed by atoms with E-state index in [0.717, 1.165) is 29.8 Å². The molecule has 1 N–H and O–H groups in total. The van der Waals surface area contributed by atoms with Crippen molar-refractivity contribution in [2.45, 2.75) is 52.5 Å². The molecule has 2 saturated heterocycles. The van der Waals surface area contributed by atoms with Crippen molar-refractivity contribution in [1.82, 2.24) is 30.1 Å². The number of hydrogen-bond acceptors (Lipinski definition) is 7. The van der Waals surface area contributed by atoms with Gasteiger partial charge in [0.05, 0.1) is 30.5 Å². The van der Waals surface area contributed by atoms with Crippen molar-refractivity contribution in [1.29, 1.82) is 0 Å². The standard InChI is InChI=1S/C29H44N6O4.ClH/c1-21(2)20-34(25-17-23(18-30-19-25)28(36)33-11-14-39-15-12-33)29(37)27-26(10-5-6-13-38-4)35(32-31-27)24-9-7-8-22(3)16-24;/h7-9,16,21,23,25,30H,5-6,10-15,17-20H2,1-4H3;1H/t23-,25+;/m1./s1. The van der Waals surface area contributed by atoms with Crippen molar-refractivity contribution >= 4 is 24.2 Å². The molecule has 0 spiro atoms. The van der Waals surface area contributed by atoms with Crippen molar-refractivity contribution in [3.05, 3.63) is 41.2 Å². The molecule has 2 amide bonds. The van der Waals surface area contributed by atoms with E-state index in [1.165, 1.54) is 0 Å². The van der Waals surface area contributed by atoms with Crippen molar-refractivity contribution in [3.8, 4) is 5.69 Å². The molecule has 10 nitrogen and oxygen atoms in total. The average molecular weight is 577 g/mol. The van der Waals surface area contributed by atoms with E-state index < -0.39 is 0 Å². The summed E-state index contributed by atoms with van der Waals surface area (Å²) in [7, 11) is 1.70. The van der Waals surface area contributed by atoms with E-state index in [-0.39, 0.29) is 42.1 Å². The highest BCUT2D eigenvalue weighted by atomic mass is 35.5. The number of carbonyl (C=O) groups is 2. The molecule has 2 fully saturated rings. The first-order chi connectivity index (χ1) is 18.9. The maximum atomic E-state index is 14.2. The van der Waals surface area contributed by atoms with E-state index in [1.807, 2.05) is 39.6 Å². The number of aryl methyl sites for hydroxylation is 1. The first kappa shape index (κ1) is 32.0. The smallest absolute Gasteiger partial charge is 0.276 e. The minimum absolute atomic E-state index is 0. The number of methoxy groups -OCH3 is 1. The van der Waals surface area contributed by atoms with E-state index in [4.69, 9.17) is 9.47 Å². The molecule has 0 unspecified atom stereocenters. The monoisotopic (exact) mass is 576 g/mol. The van der Waals surface area contributed by atoms with Gasteiger partial charge in [0.25, 0.3) is 5.91 Å². The van der Waals surface area contributed by atoms with Crippen LogP contribution in [0, 0.1) is 18.8 Å². The zero-order valence-corrected chi connectivity index (χ0v) is 25.1. The summed E-state index contributed by atoms with van der Waals surface area (Å²) in [6.45, 7) is 11.2. The summed E-state index contributed by atoms with van der Waals surface area (Å²) in [6.07, 6.45) is 3.05. The molecule has 2 aromatic rings. The number of nitrogens with zero attached hydrogens (tertiary/aromatic N) is 5. The zero-order valence-electron chi connectivity index (χ0n) is 24.3. The minimum atomic E-state index is -0.166. The number of morpholine rings is 1. The summed E-state index contributed by atoms with van der Waals surface area (Å²) in [4.78, 5) is 31.3. The van der Waals surface area contributed by atoms with Gasteiger partial charge in [-0.1, -0.05) is 31.2 Å². The maximum absolute atomic E-state index is 14.2. The van der Waals surface area contributed by atoms with Gasteiger partial charge in [-0.2, -0.15) is 0 Å². The second kappa shape index (κ2) is 15.5. The molecule has 222 valence electrons. The molecule has 2 aliphatic rings. The number of rotatable bonds is 11. The minimum Gasteiger partial charge on any atom is -0.385 e. The molecule has 0 aliphatic carbocycles. The van der Waals surface area contributed by atoms with E-state index in [2.05, 4.69) is 35.5 Å². The summed E-state index contributed by atoms with van der Waals surface area (Å²) in [5.74, 6) is 0.134. The molecule has 0 saturated carbocycles. The predicted octanol–water partition coefficient (Wildman–Crippen LogP) is 2.90. The first-order valence-electron chi connectivity index (χ1n) is 14.3. The van der Waals surface area contributed by atoms with Crippen LogP contribution in [-0.4, -0.2) is 102 Å². The Kier molecular flexibility index (Phi) is 12.4. The number of carbonyl (C=O) groups excluding carboxylic acids is 2. The van der Waals surface area contributed by atoms with Crippen molar-refractivity contribution in [3.63, 3.8) is 0 Å². The third-order valence-electron chi connectivity index (χ3n) is 7.49. The normalized spacial score (nSPS) is 19.4. The van der Waals surface area contributed by atoms with E-state index >= 15 is 0 Å². The summed E-state index contributed by atoms with van der Waals surface area (Å²) < 4.78 is 12.5. The molecule has 1 aromatic carbocycles. The Balaban J connectivity index is 0.00000441. The van der Waals surface area contributed by atoms with Crippen LogP contribution in [0.2, 0.25) is 0 Å². The summed E-state index contributed by atoms with van der Waals surface area (Å²) in [5, 5.41) is 12.3. The molecule has 11 heteroatoms. The Bertz CT molecular complexity index is 1100. The lowest BCUT2D eigenvalue weighted by Crippen LogP contribution is -2.56. The van der Waals surface area contributed by atoms with Crippen LogP contribution in [0.3, 0.4) is 0 Å². The van der Waals surface area contributed by atoms with Gasteiger partial charge < -0.3 is 24.6 Å². The second-order valence-corrected chi connectivity index (χ2v) is 11.1. The Hall–Kier alpha value is -2.53. The van der Waals surface area contributed by atoms with Gasteiger partial charge in [0.2, 0.25) is 5.91 Å². The Labute approximate surface area is 244 Å². The van der Waals surface area contributed by atoms with Crippen LogP contribution in [0.15, 0.2) is 24.3 Å². The number of benzene rings is 1. The Morgan fingerprint density at radius 2 is 1.98 bits per heavy atom. The van der Waals surface area contributed by atoms with Crippen LogP contribution >= 0.6 is 12.4 Å². The lowest BCUT2D eigenvalue weighted by molar-refractivity contribution is -0.140.